The van der Waals surface area contributed by atoms with Crippen LogP contribution in [-0.4, -0.2) is 61.8 Å². The summed E-state index contributed by atoms with van der Waals surface area (Å²) in [5.74, 6) is 3.62. The molecule has 0 saturated carbocycles. The molecule has 100 valence electrons. The van der Waals surface area contributed by atoms with Crippen LogP contribution < -0.4 is 5.32 Å². The third-order valence-electron chi connectivity index (χ3n) is 3.82. The molecule has 2 saturated heterocycles. The lowest BCUT2D eigenvalue weighted by Crippen LogP contribution is -2.47. The first-order valence-electron chi connectivity index (χ1n) is 7.01. The maximum Gasteiger partial charge on any atom is 0.0826 e. The van der Waals surface area contributed by atoms with Gasteiger partial charge >= 0.3 is 0 Å². The molecule has 4 heteroatoms. The molecule has 1 N–H and O–H groups in total. The van der Waals surface area contributed by atoms with Crippen LogP contribution in [0.4, 0.5) is 0 Å². The van der Waals surface area contributed by atoms with Gasteiger partial charge in [0.15, 0.2) is 0 Å². The van der Waals surface area contributed by atoms with E-state index >= 15 is 0 Å². The van der Waals surface area contributed by atoms with E-state index in [1.165, 1.54) is 30.9 Å². The standard InChI is InChI=1S/C13H26N2OS/c1-2-15-5-6-16-13(11-15)10-14-9-12-3-7-17-8-4-12/h12-14H,2-11H2,1H3. The smallest absolute Gasteiger partial charge is 0.0826 e. The van der Waals surface area contributed by atoms with E-state index in [4.69, 9.17) is 4.74 Å². The molecule has 0 aromatic rings. The van der Waals surface area contributed by atoms with Crippen molar-refractivity contribution in [3.8, 4) is 0 Å². The number of hydrogen-bond acceptors (Lipinski definition) is 4. The van der Waals surface area contributed by atoms with Crippen molar-refractivity contribution in [1.82, 2.24) is 10.2 Å². The van der Waals surface area contributed by atoms with Crippen molar-refractivity contribution in [3.63, 3.8) is 0 Å². The number of rotatable bonds is 5. The topological polar surface area (TPSA) is 24.5 Å². The van der Waals surface area contributed by atoms with Crippen LogP contribution in [-0.2, 0) is 4.74 Å². The van der Waals surface area contributed by atoms with Crippen molar-refractivity contribution in [2.45, 2.75) is 25.9 Å². The number of thioether (sulfide) groups is 1. The van der Waals surface area contributed by atoms with E-state index < -0.39 is 0 Å². The van der Waals surface area contributed by atoms with Crippen molar-refractivity contribution in [2.75, 3.05) is 50.8 Å². The van der Waals surface area contributed by atoms with Gasteiger partial charge in [0, 0.05) is 19.6 Å². The maximum absolute atomic E-state index is 5.79. The Morgan fingerprint density at radius 3 is 2.88 bits per heavy atom. The largest absolute Gasteiger partial charge is 0.374 e. The highest BCUT2D eigenvalue weighted by Gasteiger charge is 2.19. The predicted molar refractivity (Wildman–Crippen MR) is 74.8 cm³/mol. The highest BCUT2D eigenvalue weighted by Crippen LogP contribution is 2.21. The first-order valence-corrected chi connectivity index (χ1v) is 8.16. The fourth-order valence-electron chi connectivity index (χ4n) is 2.59. The molecule has 0 bridgehead atoms. The van der Waals surface area contributed by atoms with Gasteiger partial charge in [-0.05, 0) is 43.4 Å². The summed E-state index contributed by atoms with van der Waals surface area (Å²) in [5.41, 5.74) is 0. The van der Waals surface area contributed by atoms with Crippen molar-refractivity contribution in [1.29, 1.82) is 0 Å². The highest BCUT2D eigenvalue weighted by atomic mass is 32.2. The predicted octanol–water partition coefficient (Wildman–Crippen LogP) is 1.44. The van der Waals surface area contributed by atoms with E-state index in [9.17, 15) is 0 Å². The minimum absolute atomic E-state index is 0.404. The van der Waals surface area contributed by atoms with E-state index in [0.29, 0.717) is 6.10 Å². The molecule has 3 nitrogen and oxygen atoms in total. The summed E-state index contributed by atoms with van der Waals surface area (Å²) < 4.78 is 5.79. The molecule has 2 heterocycles. The second-order valence-corrected chi connectivity index (χ2v) is 6.32. The van der Waals surface area contributed by atoms with E-state index in [2.05, 4.69) is 28.9 Å². The summed E-state index contributed by atoms with van der Waals surface area (Å²) in [4.78, 5) is 2.48. The van der Waals surface area contributed by atoms with Crippen LogP contribution in [0.3, 0.4) is 0 Å². The quantitative estimate of drug-likeness (QED) is 0.806. The zero-order chi connectivity index (χ0) is 11.9. The molecule has 2 aliphatic heterocycles. The molecule has 2 fully saturated rings. The summed E-state index contributed by atoms with van der Waals surface area (Å²) in [7, 11) is 0. The van der Waals surface area contributed by atoms with Gasteiger partial charge in [-0.15, -0.1) is 0 Å². The Morgan fingerprint density at radius 2 is 2.12 bits per heavy atom. The summed E-state index contributed by atoms with van der Waals surface area (Å²) >= 11 is 2.10. The Labute approximate surface area is 110 Å². The number of nitrogens with zero attached hydrogens (tertiary/aromatic N) is 1. The van der Waals surface area contributed by atoms with Gasteiger partial charge in [-0.3, -0.25) is 4.90 Å². The van der Waals surface area contributed by atoms with Gasteiger partial charge in [-0.25, -0.2) is 0 Å². The molecule has 2 rings (SSSR count). The van der Waals surface area contributed by atoms with Gasteiger partial charge in [-0.2, -0.15) is 11.8 Å². The van der Waals surface area contributed by atoms with Crippen molar-refractivity contribution in [3.05, 3.63) is 0 Å². The third kappa shape index (κ3) is 4.78. The van der Waals surface area contributed by atoms with E-state index in [0.717, 1.165) is 38.7 Å². The minimum Gasteiger partial charge on any atom is -0.374 e. The summed E-state index contributed by atoms with van der Waals surface area (Å²) in [6, 6.07) is 0. The molecule has 0 aliphatic carbocycles. The molecule has 17 heavy (non-hydrogen) atoms. The second kappa shape index (κ2) is 7.62. The van der Waals surface area contributed by atoms with Crippen LogP contribution in [0, 0.1) is 5.92 Å². The first kappa shape index (κ1) is 13.7. The zero-order valence-corrected chi connectivity index (χ0v) is 11.8. The average Bonchev–Trinajstić information content (AvgIpc) is 2.40. The molecule has 1 atom stereocenters. The highest BCUT2D eigenvalue weighted by molar-refractivity contribution is 7.99. The van der Waals surface area contributed by atoms with Crippen molar-refractivity contribution >= 4 is 11.8 Å². The Bertz CT molecular complexity index is 210. The molecule has 0 radical (unpaired) electrons. The number of hydrogen-bond donors (Lipinski definition) is 1. The Kier molecular flexibility index (Phi) is 6.12. The van der Waals surface area contributed by atoms with Crippen molar-refractivity contribution < 1.29 is 4.74 Å². The SMILES string of the molecule is CCN1CCOC(CNCC2CCSCC2)C1. The fourth-order valence-corrected chi connectivity index (χ4v) is 3.79. The summed E-state index contributed by atoms with van der Waals surface area (Å²) in [5, 5.41) is 3.61. The number of morpholine rings is 1. The molecular weight excluding hydrogens is 232 g/mol. The van der Waals surface area contributed by atoms with Crippen LogP contribution in [0.2, 0.25) is 0 Å². The van der Waals surface area contributed by atoms with E-state index in [1.54, 1.807) is 0 Å². The minimum atomic E-state index is 0.404. The lowest BCUT2D eigenvalue weighted by molar-refractivity contribution is -0.0255. The molecule has 1 unspecified atom stereocenters. The van der Waals surface area contributed by atoms with Crippen molar-refractivity contribution in [2.24, 2.45) is 5.92 Å². The number of nitrogens with one attached hydrogen (secondary N) is 1. The van der Waals surface area contributed by atoms with Crippen LogP contribution in [0.5, 0.6) is 0 Å². The molecule has 0 amide bonds. The Morgan fingerprint density at radius 1 is 1.29 bits per heavy atom. The van der Waals surface area contributed by atoms with Crippen LogP contribution >= 0.6 is 11.8 Å². The first-order chi connectivity index (χ1) is 8.38. The van der Waals surface area contributed by atoms with E-state index in [1.807, 2.05) is 0 Å². The normalized spacial score (nSPS) is 28.4. The maximum atomic E-state index is 5.79. The summed E-state index contributed by atoms with van der Waals surface area (Å²) in [6.07, 6.45) is 3.19. The monoisotopic (exact) mass is 258 g/mol. The average molecular weight is 258 g/mol. The van der Waals surface area contributed by atoms with Gasteiger partial charge < -0.3 is 10.1 Å². The second-order valence-electron chi connectivity index (χ2n) is 5.10. The molecule has 0 aromatic heterocycles. The lowest BCUT2D eigenvalue weighted by atomic mass is 10.0. The Balaban J connectivity index is 1.57. The fraction of sp³-hybridized carbons (Fsp3) is 1.00. The van der Waals surface area contributed by atoms with Gasteiger partial charge in [-0.1, -0.05) is 6.92 Å². The number of ether oxygens (including phenoxy) is 1. The van der Waals surface area contributed by atoms with Gasteiger partial charge in [0.1, 0.15) is 0 Å². The lowest BCUT2D eigenvalue weighted by Gasteiger charge is -2.32. The third-order valence-corrected chi connectivity index (χ3v) is 4.86. The molecule has 2 aliphatic rings. The van der Waals surface area contributed by atoms with Crippen LogP contribution in [0.1, 0.15) is 19.8 Å². The molecule has 0 aromatic carbocycles. The van der Waals surface area contributed by atoms with Crippen LogP contribution in [0.25, 0.3) is 0 Å². The van der Waals surface area contributed by atoms with E-state index in [-0.39, 0.29) is 0 Å². The van der Waals surface area contributed by atoms with Gasteiger partial charge in [0.2, 0.25) is 0 Å². The summed E-state index contributed by atoms with van der Waals surface area (Å²) in [6.45, 7) is 8.71. The number of likely N-dealkylation sites (N-methyl/N-ethyl adjacent to an activating group) is 1. The molecule has 0 spiro atoms. The van der Waals surface area contributed by atoms with Gasteiger partial charge in [0.25, 0.3) is 0 Å². The zero-order valence-electron chi connectivity index (χ0n) is 11.0. The van der Waals surface area contributed by atoms with Crippen LogP contribution in [0.15, 0.2) is 0 Å². The molecular formula is C13H26N2OS. The Hall–Kier alpha value is 0.230. The van der Waals surface area contributed by atoms with Gasteiger partial charge in [0.05, 0.1) is 12.7 Å².